The number of anilines is 2. The van der Waals surface area contributed by atoms with Crippen molar-refractivity contribution in [3.8, 4) is 5.75 Å². The van der Waals surface area contributed by atoms with Gasteiger partial charge >= 0.3 is 11.4 Å². The maximum absolute atomic E-state index is 15.3. The van der Waals surface area contributed by atoms with E-state index in [0.717, 1.165) is 36.3 Å². The summed E-state index contributed by atoms with van der Waals surface area (Å²) in [6.45, 7) is -0.451. The molecule has 0 amide bonds. The lowest BCUT2D eigenvalue weighted by Crippen LogP contribution is -2.40. The molecule has 1 aliphatic heterocycles. The molecule has 0 N–H and O–H groups in total. The lowest BCUT2D eigenvalue weighted by Gasteiger charge is -2.30. The van der Waals surface area contributed by atoms with Crippen LogP contribution in [0.2, 0.25) is 0 Å². The number of hydrogen-bond acceptors (Lipinski definition) is 4. The summed E-state index contributed by atoms with van der Waals surface area (Å²) in [5.74, 6) is -7.37. The zero-order valence-electron chi connectivity index (χ0n) is 17.8. The van der Waals surface area contributed by atoms with E-state index in [4.69, 9.17) is 0 Å². The zero-order valence-corrected chi connectivity index (χ0v) is 18.6. The molecule has 0 aromatic heterocycles. The highest BCUT2D eigenvalue weighted by molar-refractivity contribution is 7.92. The Morgan fingerprint density at radius 2 is 1.68 bits per heavy atom. The summed E-state index contributed by atoms with van der Waals surface area (Å²) in [4.78, 5) is -0.335. The number of sulfone groups is 1. The van der Waals surface area contributed by atoms with E-state index in [0.29, 0.717) is 19.1 Å². The number of nitrogens with zero attached hydrogens (tertiary/aromatic N) is 1. The van der Waals surface area contributed by atoms with Gasteiger partial charge in [-0.05, 0) is 43.7 Å². The normalized spacial score (nSPS) is 19.9. The third-order valence-electron chi connectivity index (χ3n) is 5.47. The number of fused-ring (bicyclic) bond motifs is 1. The first kappa shape index (κ1) is 26.0. The van der Waals surface area contributed by atoms with E-state index in [1.807, 2.05) is 0 Å². The van der Waals surface area contributed by atoms with Crippen molar-refractivity contribution in [2.45, 2.75) is 42.0 Å². The Labute approximate surface area is 190 Å². The van der Waals surface area contributed by atoms with Crippen LogP contribution in [-0.4, -0.2) is 33.2 Å². The van der Waals surface area contributed by atoms with Gasteiger partial charge in [-0.3, -0.25) is 0 Å². The van der Waals surface area contributed by atoms with Gasteiger partial charge < -0.3 is 9.64 Å². The Morgan fingerprint density at radius 3 is 2.18 bits per heavy atom. The molecule has 188 valence electrons. The molecule has 1 heterocycles. The summed E-state index contributed by atoms with van der Waals surface area (Å²) in [7, 11) is -4.85. The Kier molecular flexibility index (Phi) is 6.57. The lowest BCUT2D eigenvalue weighted by molar-refractivity contribution is -0.138. The molecule has 1 aliphatic rings. The number of alkyl halides is 7. The Bertz CT molecular complexity index is 1160. The molecule has 0 fully saturated rings. The minimum Gasteiger partial charge on any atom is -0.496 e. The smallest absolute Gasteiger partial charge is 0.420 e. The van der Waals surface area contributed by atoms with Crippen molar-refractivity contribution >= 4 is 21.2 Å². The predicted octanol–water partition coefficient (Wildman–Crippen LogP) is 6.42. The lowest BCUT2D eigenvalue weighted by atomic mass is 9.99. The van der Waals surface area contributed by atoms with Crippen LogP contribution in [0.5, 0.6) is 5.75 Å². The first-order valence-corrected chi connectivity index (χ1v) is 11.3. The van der Waals surface area contributed by atoms with Crippen LogP contribution in [0.25, 0.3) is 0 Å². The maximum atomic E-state index is 15.3. The molecule has 0 radical (unpaired) electrons. The van der Waals surface area contributed by atoms with Gasteiger partial charge in [0.15, 0.2) is 0 Å². The van der Waals surface area contributed by atoms with Crippen molar-refractivity contribution in [2.75, 3.05) is 18.6 Å². The molecule has 0 bridgehead atoms. The summed E-state index contributed by atoms with van der Waals surface area (Å²) < 4.78 is 142. The second kappa shape index (κ2) is 8.58. The molecule has 13 heteroatoms. The molecular formula is C21H19F8NO3S. The van der Waals surface area contributed by atoms with Gasteiger partial charge in [-0.15, -0.1) is 0 Å². The van der Waals surface area contributed by atoms with E-state index < -0.39 is 80.2 Å². The van der Waals surface area contributed by atoms with E-state index >= 15 is 8.78 Å². The number of rotatable bonds is 5. The Hall–Kier alpha value is -2.57. The number of halogens is 8. The van der Waals surface area contributed by atoms with Gasteiger partial charge in [0.2, 0.25) is 15.8 Å². The summed E-state index contributed by atoms with van der Waals surface area (Å²) in [5, 5.41) is -4.60. The largest absolute Gasteiger partial charge is 0.496 e. The summed E-state index contributed by atoms with van der Waals surface area (Å²) in [6.07, 6.45) is -7.09. The van der Waals surface area contributed by atoms with Crippen molar-refractivity contribution in [1.29, 1.82) is 0 Å². The molecule has 2 aromatic carbocycles. The minimum atomic E-state index is -5.66. The highest BCUT2D eigenvalue weighted by Gasteiger charge is 2.57. The second-order valence-electron chi connectivity index (χ2n) is 7.98. The summed E-state index contributed by atoms with van der Waals surface area (Å²) in [5.41, 5.74) is -2.30. The van der Waals surface area contributed by atoms with Gasteiger partial charge in [-0.25, -0.2) is 21.6 Å². The zero-order chi connectivity index (χ0) is 25.7. The SMILES string of the molecule is COc1cc2c(cc1C(F)(F)F)N(c1ccc(F)cc1)CC(CCC(C)(F)F)C(F)(F)S2(=O)=O. The van der Waals surface area contributed by atoms with Gasteiger partial charge in [0.05, 0.1) is 24.3 Å². The third kappa shape index (κ3) is 4.80. The van der Waals surface area contributed by atoms with Crippen molar-refractivity contribution in [3.63, 3.8) is 0 Å². The van der Waals surface area contributed by atoms with Gasteiger partial charge in [0, 0.05) is 24.7 Å². The molecule has 0 spiro atoms. The minimum absolute atomic E-state index is 0.109. The van der Waals surface area contributed by atoms with Crippen LogP contribution < -0.4 is 9.64 Å². The summed E-state index contributed by atoms with van der Waals surface area (Å²) in [6, 6.07) is 4.60. The molecule has 34 heavy (non-hydrogen) atoms. The molecule has 2 aromatic rings. The third-order valence-corrected chi connectivity index (χ3v) is 7.43. The highest BCUT2D eigenvalue weighted by Crippen LogP contribution is 2.51. The average Bonchev–Trinajstić information content (AvgIpc) is 2.77. The van der Waals surface area contributed by atoms with E-state index in [2.05, 4.69) is 4.74 Å². The van der Waals surface area contributed by atoms with Crippen LogP contribution >= 0.6 is 0 Å². The quantitative estimate of drug-likeness (QED) is 0.430. The van der Waals surface area contributed by atoms with Gasteiger partial charge in [0.25, 0.3) is 0 Å². The van der Waals surface area contributed by atoms with Crippen molar-refractivity contribution in [1.82, 2.24) is 0 Å². The van der Waals surface area contributed by atoms with Crippen LogP contribution in [0.3, 0.4) is 0 Å². The first-order valence-electron chi connectivity index (χ1n) is 9.81. The number of hydrogen-bond donors (Lipinski definition) is 0. The Morgan fingerprint density at radius 1 is 1.09 bits per heavy atom. The van der Waals surface area contributed by atoms with Gasteiger partial charge in [0.1, 0.15) is 16.5 Å². The van der Waals surface area contributed by atoms with E-state index in [1.165, 1.54) is 0 Å². The molecule has 0 saturated heterocycles. The molecule has 0 saturated carbocycles. The predicted molar refractivity (Wildman–Crippen MR) is 107 cm³/mol. The molecule has 3 rings (SSSR count). The monoisotopic (exact) mass is 517 g/mol. The van der Waals surface area contributed by atoms with E-state index in [1.54, 1.807) is 0 Å². The fraction of sp³-hybridized carbons (Fsp3) is 0.429. The maximum Gasteiger partial charge on any atom is 0.420 e. The standard InChI is InChI=1S/C21H19F8NO3S/c1-19(23,24)8-7-12-11-30(14-5-3-13(22)4-6-14)16-9-15(20(25,26)27)17(33-2)10-18(16)34(31,32)21(12,28)29/h3-6,9-10,12H,7-8,11H2,1-2H3. The van der Waals surface area contributed by atoms with Gasteiger partial charge in [-0.1, -0.05) is 0 Å². The van der Waals surface area contributed by atoms with Crippen LogP contribution in [-0.2, 0) is 16.0 Å². The fourth-order valence-electron chi connectivity index (χ4n) is 3.71. The highest BCUT2D eigenvalue weighted by atomic mass is 32.2. The van der Waals surface area contributed by atoms with Crippen molar-refractivity contribution in [2.24, 2.45) is 5.92 Å². The Balaban J connectivity index is 2.33. The van der Waals surface area contributed by atoms with Crippen LogP contribution in [0.4, 0.5) is 46.5 Å². The average molecular weight is 517 g/mol. The van der Waals surface area contributed by atoms with Crippen LogP contribution in [0.15, 0.2) is 41.3 Å². The second-order valence-corrected chi connectivity index (χ2v) is 9.97. The molecule has 1 atom stereocenters. The van der Waals surface area contributed by atoms with E-state index in [9.17, 15) is 34.8 Å². The van der Waals surface area contributed by atoms with Crippen molar-refractivity contribution < 1.29 is 48.3 Å². The first-order chi connectivity index (χ1) is 15.5. The topological polar surface area (TPSA) is 46.6 Å². The van der Waals surface area contributed by atoms with Crippen LogP contribution in [0.1, 0.15) is 25.3 Å². The molecule has 0 aliphatic carbocycles. The molecule has 1 unspecified atom stereocenters. The fourth-order valence-corrected chi connectivity index (χ4v) is 5.34. The molecule has 4 nitrogen and oxygen atoms in total. The molecular weight excluding hydrogens is 498 g/mol. The van der Waals surface area contributed by atoms with Gasteiger partial charge in [-0.2, -0.15) is 22.0 Å². The van der Waals surface area contributed by atoms with E-state index in [-0.39, 0.29) is 5.69 Å². The van der Waals surface area contributed by atoms with Crippen LogP contribution in [0, 0.1) is 11.7 Å². The summed E-state index contributed by atoms with van der Waals surface area (Å²) >= 11 is 0. The number of benzene rings is 2. The van der Waals surface area contributed by atoms with Crippen molar-refractivity contribution in [3.05, 3.63) is 47.8 Å². The number of methoxy groups -OCH3 is 1. The number of ether oxygens (including phenoxy) is 1.